The number of nitrogens with one attached hydrogen (secondary N) is 1. The number of para-hydroxylation sites is 1. The molecule has 22 heavy (non-hydrogen) atoms. The molecule has 1 N–H and O–H groups in total. The zero-order valence-electron chi connectivity index (χ0n) is 11.9. The van der Waals surface area contributed by atoms with E-state index >= 15 is 0 Å². The summed E-state index contributed by atoms with van der Waals surface area (Å²) in [4.78, 5) is 0. The Balaban J connectivity index is 1.87. The number of hydrogen-bond acceptors (Lipinski definition) is 3. The Morgan fingerprint density at radius 3 is 2.73 bits per heavy atom. The minimum absolute atomic E-state index is 0.351. The van der Waals surface area contributed by atoms with Gasteiger partial charge in [0.25, 0.3) is 0 Å². The summed E-state index contributed by atoms with van der Waals surface area (Å²) in [5, 5.41) is 0.351. The normalized spacial score (nSPS) is 13.8. The van der Waals surface area contributed by atoms with Crippen molar-refractivity contribution < 1.29 is 13.2 Å². The fourth-order valence-electron chi connectivity index (χ4n) is 2.49. The molecule has 0 aromatic heterocycles. The van der Waals surface area contributed by atoms with E-state index in [1.807, 2.05) is 24.3 Å². The molecular weight excluding hydrogens is 324 g/mol. The SMILES string of the molecule is COc1ccc(NS(=O)(=O)N2CCc3ccccc32)cc1Cl. The maximum absolute atomic E-state index is 12.6. The van der Waals surface area contributed by atoms with Crippen molar-refractivity contribution in [2.75, 3.05) is 22.7 Å². The molecule has 0 saturated heterocycles. The molecule has 0 unspecified atom stereocenters. The number of ether oxygens (including phenoxy) is 1. The standard InChI is InChI=1S/C15H15ClN2O3S/c1-21-15-7-6-12(10-13(15)16)17-22(19,20)18-9-8-11-4-2-3-5-14(11)18/h2-7,10,17H,8-9H2,1H3. The molecule has 0 atom stereocenters. The van der Waals surface area contributed by atoms with E-state index in [4.69, 9.17) is 16.3 Å². The number of methoxy groups -OCH3 is 1. The zero-order chi connectivity index (χ0) is 15.7. The van der Waals surface area contributed by atoms with E-state index in [-0.39, 0.29) is 0 Å². The van der Waals surface area contributed by atoms with Gasteiger partial charge in [0.05, 0.1) is 23.5 Å². The molecule has 1 heterocycles. The predicted molar refractivity (Wildman–Crippen MR) is 88.0 cm³/mol. The molecule has 0 aliphatic carbocycles. The monoisotopic (exact) mass is 338 g/mol. The van der Waals surface area contributed by atoms with Crippen LogP contribution in [0.3, 0.4) is 0 Å². The average Bonchev–Trinajstić information content (AvgIpc) is 2.92. The molecule has 0 saturated carbocycles. The van der Waals surface area contributed by atoms with Crippen LogP contribution in [0.15, 0.2) is 42.5 Å². The fourth-order valence-corrected chi connectivity index (χ4v) is 4.05. The first-order valence-corrected chi connectivity index (χ1v) is 8.55. The lowest BCUT2D eigenvalue weighted by Crippen LogP contribution is -2.34. The van der Waals surface area contributed by atoms with Gasteiger partial charge in [-0.25, -0.2) is 0 Å². The van der Waals surface area contributed by atoms with Crippen LogP contribution < -0.4 is 13.8 Å². The second-order valence-corrected chi connectivity index (χ2v) is 6.91. The highest BCUT2D eigenvalue weighted by Crippen LogP contribution is 2.32. The van der Waals surface area contributed by atoms with Crippen molar-refractivity contribution in [1.29, 1.82) is 0 Å². The van der Waals surface area contributed by atoms with Gasteiger partial charge in [-0.15, -0.1) is 0 Å². The summed E-state index contributed by atoms with van der Waals surface area (Å²) in [5.41, 5.74) is 2.14. The molecule has 5 nitrogen and oxygen atoms in total. The number of nitrogens with zero attached hydrogens (tertiary/aromatic N) is 1. The van der Waals surface area contributed by atoms with Gasteiger partial charge in [0.15, 0.2) is 0 Å². The smallest absolute Gasteiger partial charge is 0.323 e. The van der Waals surface area contributed by atoms with Crippen LogP contribution in [-0.4, -0.2) is 22.1 Å². The van der Waals surface area contributed by atoms with Crippen LogP contribution in [0.1, 0.15) is 5.56 Å². The third-order valence-corrected chi connectivity index (χ3v) is 5.28. The number of benzene rings is 2. The second kappa shape index (κ2) is 5.70. The number of hydrogen-bond donors (Lipinski definition) is 1. The predicted octanol–water partition coefficient (Wildman–Crippen LogP) is 3.07. The largest absolute Gasteiger partial charge is 0.495 e. The molecule has 7 heteroatoms. The van der Waals surface area contributed by atoms with Crippen molar-refractivity contribution >= 4 is 33.2 Å². The Morgan fingerprint density at radius 2 is 2.00 bits per heavy atom. The summed E-state index contributed by atoms with van der Waals surface area (Å²) >= 11 is 6.03. The summed E-state index contributed by atoms with van der Waals surface area (Å²) in [6.45, 7) is 0.429. The van der Waals surface area contributed by atoms with Crippen molar-refractivity contribution in [3.63, 3.8) is 0 Å². The van der Waals surface area contributed by atoms with Gasteiger partial charge in [0.1, 0.15) is 5.75 Å². The highest BCUT2D eigenvalue weighted by atomic mass is 35.5. The van der Waals surface area contributed by atoms with Gasteiger partial charge < -0.3 is 4.74 Å². The second-order valence-electron chi connectivity index (χ2n) is 4.91. The first kappa shape index (κ1) is 15.0. The van der Waals surface area contributed by atoms with Gasteiger partial charge in [-0.1, -0.05) is 29.8 Å². The molecule has 0 spiro atoms. The maximum Gasteiger partial charge on any atom is 0.323 e. The van der Waals surface area contributed by atoms with Crippen LogP contribution >= 0.6 is 11.6 Å². The van der Waals surface area contributed by atoms with Crippen molar-refractivity contribution in [3.8, 4) is 5.75 Å². The summed E-state index contributed by atoms with van der Waals surface area (Å²) in [7, 11) is -2.17. The molecule has 0 amide bonds. The van der Waals surface area contributed by atoms with Crippen LogP contribution in [-0.2, 0) is 16.6 Å². The topological polar surface area (TPSA) is 58.6 Å². The Morgan fingerprint density at radius 1 is 1.23 bits per heavy atom. The van der Waals surface area contributed by atoms with Crippen LogP contribution in [0, 0.1) is 0 Å². The van der Waals surface area contributed by atoms with Crippen LogP contribution in [0.2, 0.25) is 5.02 Å². The van der Waals surface area contributed by atoms with Crippen molar-refractivity contribution in [2.45, 2.75) is 6.42 Å². The third-order valence-electron chi connectivity index (χ3n) is 3.53. The molecule has 2 aromatic rings. The molecule has 1 aliphatic rings. The van der Waals surface area contributed by atoms with E-state index in [1.165, 1.54) is 17.5 Å². The fraction of sp³-hybridized carbons (Fsp3) is 0.200. The quantitative estimate of drug-likeness (QED) is 0.932. The zero-order valence-corrected chi connectivity index (χ0v) is 13.5. The molecule has 0 radical (unpaired) electrons. The highest BCUT2D eigenvalue weighted by Gasteiger charge is 2.29. The van der Waals surface area contributed by atoms with Crippen LogP contribution in [0.25, 0.3) is 0 Å². The van der Waals surface area contributed by atoms with E-state index in [1.54, 1.807) is 12.1 Å². The molecule has 0 bridgehead atoms. The highest BCUT2D eigenvalue weighted by molar-refractivity contribution is 7.94. The van der Waals surface area contributed by atoms with Gasteiger partial charge in [-0.2, -0.15) is 8.42 Å². The molecule has 2 aromatic carbocycles. The van der Waals surface area contributed by atoms with Gasteiger partial charge in [-0.05, 0) is 36.2 Å². The Labute approximate surface area is 134 Å². The van der Waals surface area contributed by atoms with E-state index in [0.29, 0.717) is 29.4 Å². The molecule has 3 rings (SSSR count). The van der Waals surface area contributed by atoms with Crippen LogP contribution in [0.5, 0.6) is 5.75 Å². The molecule has 1 aliphatic heterocycles. The Bertz CT molecular complexity index is 808. The summed E-state index contributed by atoms with van der Waals surface area (Å²) in [6.07, 6.45) is 0.709. The minimum atomic E-state index is -3.68. The summed E-state index contributed by atoms with van der Waals surface area (Å²) in [6, 6.07) is 12.3. The van der Waals surface area contributed by atoms with Gasteiger partial charge in [0, 0.05) is 6.54 Å². The lowest BCUT2D eigenvalue weighted by molar-refractivity contribution is 0.415. The van der Waals surface area contributed by atoms with Crippen molar-refractivity contribution in [2.24, 2.45) is 0 Å². The van der Waals surface area contributed by atoms with Gasteiger partial charge in [0.2, 0.25) is 0 Å². The number of rotatable bonds is 4. The Hall–Kier alpha value is -1.92. The third kappa shape index (κ3) is 2.71. The summed E-state index contributed by atoms with van der Waals surface area (Å²) < 4.78 is 34.1. The van der Waals surface area contributed by atoms with E-state index < -0.39 is 10.2 Å². The van der Waals surface area contributed by atoms with Crippen molar-refractivity contribution in [1.82, 2.24) is 0 Å². The first-order valence-electron chi connectivity index (χ1n) is 6.73. The number of halogens is 1. The lowest BCUT2D eigenvalue weighted by Gasteiger charge is -2.20. The average molecular weight is 339 g/mol. The van der Waals surface area contributed by atoms with E-state index in [2.05, 4.69) is 4.72 Å². The van der Waals surface area contributed by atoms with E-state index in [9.17, 15) is 8.42 Å². The van der Waals surface area contributed by atoms with Crippen molar-refractivity contribution in [3.05, 3.63) is 53.1 Å². The molecular formula is C15H15ClN2O3S. The maximum atomic E-state index is 12.6. The first-order chi connectivity index (χ1) is 10.5. The molecule has 0 fully saturated rings. The molecule has 116 valence electrons. The number of anilines is 2. The summed E-state index contributed by atoms with van der Waals surface area (Å²) in [5.74, 6) is 0.496. The van der Waals surface area contributed by atoms with Gasteiger partial charge >= 0.3 is 10.2 Å². The lowest BCUT2D eigenvalue weighted by atomic mass is 10.2. The minimum Gasteiger partial charge on any atom is -0.495 e. The van der Waals surface area contributed by atoms with Gasteiger partial charge in [-0.3, -0.25) is 9.03 Å². The number of fused-ring (bicyclic) bond motifs is 1. The Kier molecular flexibility index (Phi) is 3.88. The van der Waals surface area contributed by atoms with Crippen LogP contribution in [0.4, 0.5) is 11.4 Å². The van der Waals surface area contributed by atoms with E-state index in [0.717, 1.165) is 11.3 Å².